The Bertz CT molecular complexity index is 252. The first kappa shape index (κ1) is 13.5. The molecule has 3 nitrogen and oxygen atoms in total. The van der Waals surface area contributed by atoms with Crippen molar-refractivity contribution in [1.29, 1.82) is 0 Å². The zero-order chi connectivity index (χ0) is 12.5. The summed E-state index contributed by atoms with van der Waals surface area (Å²) in [5.74, 6) is 0.987. The van der Waals surface area contributed by atoms with Gasteiger partial charge in [0.2, 0.25) is 5.91 Å². The SMILES string of the molecule is CC.CC(C)CC1C2CC(C(=O)N1C)N2C. The third kappa shape index (κ3) is 2.10. The lowest BCUT2D eigenvalue weighted by molar-refractivity contribution is -0.164. The topological polar surface area (TPSA) is 23.6 Å². The average molecular weight is 226 g/mol. The van der Waals surface area contributed by atoms with Gasteiger partial charge in [0, 0.05) is 19.1 Å². The summed E-state index contributed by atoms with van der Waals surface area (Å²) in [6.45, 7) is 8.45. The van der Waals surface area contributed by atoms with E-state index >= 15 is 0 Å². The van der Waals surface area contributed by atoms with Gasteiger partial charge in [0.25, 0.3) is 0 Å². The monoisotopic (exact) mass is 226 g/mol. The molecule has 0 aromatic rings. The van der Waals surface area contributed by atoms with Crippen LogP contribution in [0.1, 0.15) is 40.5 Å². The van der Waals surface area contributed by atoms with Gasteiger partial charge in [-0.05, 0) is 25.8 Å². The fourth-order valence-corrected chi connectivity index (χ4v) is 2.81. The maximum Gasteiger partial charge on any atom is 0.240 e. The summed E-state index contributed by atoms with van der Waals surface area (Å²) in [6.07, 6.45) is 2.21. The standard InChI is InChI=1S/C11H20N2O.C2H6/c1-7(2)5-8-9-6-10(12(9)3)11(14)13(8)4;1-2/h7-10H,5-6H2,1-4H3;1-2H3. The second kappa shape index (κ2) is 5.17. The Morgan fingerprint density at radius 1 is 1.31 bits per heavy atom. The first-order valence-electron chi connectivity index (χ1n) is 6.51. The van der Waals surface area contributed by atoms with E-state index in [2.05, 4.69) is 25.8 Å². The molecular weight excluding hydrogens is 200 g/mol. The van der Waals surface area contributed by atoms with E-state index in [1.807, 2.05) is 25.8 Å². The molecule has 0 saturated carbocycles. The van der Waals surface area contributed by atoms with Crippen molar-refractivity contribution in [3.05, 3.63) is 0 Å². The minimum absolute atomic E-state index is 0.188. The first-order chi connectivity index (χ1) is 7.52. The molecule has 3 fully saturated rings. The summed E-state index contributed by atoms with van der Waals surface area (Å²) in [5.41, 5.74) is 0. The van der Waals surface area contributed by atoms with Gasteiger partial charge in [0.15, 0.2) is 0 Å². The van der Waals surface area contributed by atoms with Crippen LogP contribution in [-0.4, -0.2) is 47.9 Å². The lowest BCUT2D eigenvalue weighted by atomic mass is 9.79. The minimum atomic E-state index is 0.188. The van der Waals surface area contributed by atoms with E-state index < -0.39 is 0 Å². The van der Waals surface area contributed by atoms with E-state index in [9.17, 15) is 4.79 Å². The highest BCUT2D eigenvalue weighted by molar-refractivity contribution is 5.85. The number of piperazine rings is 1. The van der Waals surface area contributed by atoms with Gasteiger partial charge in [0.05, 0.1) is 6.04 Å². The minimum Gasteiger partial charge on any atom is -0.340 e. The number of likely N-dealkylation sites (N-methyl/N-ethyl adjacent to an activating group) is 2. The van der Waals surface area contributed by atoms with Crippen LogP contribution in [0.3, 0.4) is 0 Å². The molecule has 0 spiro atoms. The number of nitrogens with zero attached hydrogens (tertiary/aromatic N) is 2. The summed E-state index contributed by atoms with van der Waals surface area (Å²) >= 11 is 0. The number of hydrogen-bond donors (Lipinski definition) is 0. The number of amides is 1. The third-order valence-electron chi connectivity index (χ3n) is 3.77. The van der Waals surface area contributed by atoms with E-state index in [1.54, 1.807) is 0 Å². The fraction of sp³-hybridized carbons (Fsp3) is 0.923. The van der Waals surface area contributed by atoms with Gasteiger partial charge in [-0.3, -0.25) is 9.69 Å². The highest BCUT2D eigenvalue weighted by atomic mass is 16.2. The average Bonchev–Trinajstić information content (AvgIpc) is 2.25. The Kier molecular flexibility index (Phi) is 4.36. The fourth-order valence-electron chi connectivity index (χ4n) is 2.81. The molecule has 16 heavy (non-hydrogen) atoms. The zero-order valence-electron chi connectivity index (χ0n) is 11.5. The second-order valence-corrected chi connectivity index (χ2v) is 5.13. The van der Waals surface area contributed by atoms with Crippen LogP contribution in [0.2, 0.25) is 0 Å². The molecule has 0 N–H and O–H groups in total. The van der Waals surface area contributed by atoms with Gasteiger partial charge in [0.1, 0.15) is 0 Å². The van der Waals surface area contributed by atoms with Crippen LogP contribution in [0.4, 0.5) is 0 Å². The molecule has 3 unspecified atom stereocenters. The molecule has 3 atom stereocenters. The van der Waals surface area contributed by atoms with Crippen LogP contribution in [0.25, 0.3) is 0 Å². The third-order valence-corrected chi connectivity index (χ3v) is 3.77. The molecule has 3 heteroatoms. The number of piperidine rings is 1. The van der Waals surface area contributed by atoms with Gasteiger partial charge in [-0.15, -0.1) is 0 Å². The van der Waals surface area contributed by atoms with Gasteiger partial charge in [-0.25, -0.2) is 0 Å². The predicted octanol–water partition coefficient (Wildman–Crippen LogP) is 1.97. The molecule has 0 aromatic carbocycles. The molecule has 3 aliphatic rings. The predicted molar refractivity (Wildman–Crippen MR) is 67.3 cm³/mol. The van der Waals surface area contributed by atoms with Crippen molar-refractivity contribution in [2.75, 3.05) is 14.1 Å². The van der Waals surface area contributed by atoms with Crippen molar-refractivity contribution in [3.63, 3.8) is 0 Å². The van der Waals surface area contributed by atoms with Crippen molar-refractivity contribution in [2.45, 2.75) is 58.7 Å². The van der Waals surface area contributed by atoms with Crippen LogP contribution in [0.15, 0.2) is 0 Å². The number of hydrogen-bond acceptors (Lipinski definition) is 2. The molecule has 3 aliphatic heterocycles. The van der Waals surface area contributed by atoms with Crippen LogP contribution in [0.5, 0.6) is 0 Å². The first-order valence-corrected chi connectivity index (χ1v) is 6.51. The Morgan fingerprint density at radius 2 is 1.88 bits per heavy atom. The Labute approximate surface area is 99.8 Å². The van der Waals surface area contributed by atoms with Gasteiger partial charge in [-0.1, -0.05) is 27.7 Å². The van der Waals surface area contributed by atoms with Crippen molar-refractivity contribution in [2.24, 2.45) is 5.92 Å². The number of rotatable bonds is 2. The van der Waals surface area contributed by atoms with E-state index in [0.717, 1.165) is 12.8 Å². The van der Waals surface area contributed by atoms with Gasteiger partial charge < -0.3 is 4.90 Å². The van der Waals surface area contributed by atoms with Crippen LogP contribution < -0.4 is 0 Å². The summed E-state index contributed by atoms with van der Waals surface area (Å²) in [5, 5.41) is 0. The van der Waals surface area contributed by atoms with E-state index in [-0.39, 0.29) is 6.04 Å². The molecule has 3 rings (SSSR count). The maximum absolute atomic E-state index is 11.8. The molecule has 3 heterocycles. The molecular formula is C13H26N2O. The van der Waals surface area contributed by atoms with E-state index in [0.29, 0.717) is 23.9 Å². The number of fused-ring (bicyclic) bond motifs is 2. The Balaban J connectivity index is 0.000000606. The van der Waals surface area contributed by atoms with Crippen LogP contribution in [-0.2, 0) is 4.79 Å². The molecule has 3 saturated heterocycles. The molecule has 1 amide bonds. The van der Waals surface area contributed by atoms with Crippen LogP contribution in [0, 0.1) is 5.92 Å². The van der Waals surface area contributed by atoms with E-state index in [4.69, 9.17) is 0 Å². The highest BCUT2D eigenvalue weighted by Crippen LogP contribution is 2.37. The summed E-state index contributed by atoms with van der Waals surface area (Å²) in [4.78, 5) is 16.1. The smallest absolute Gasteiger partial charge is 0.240 e. The summed E-state index contributed by atoms with van der Waals surface area (Å²) < 4.78 is 0. The quantitative estimate of drug-likeness (QED) is 0.719. The van der Waals surface area contributed by atoms with Crippen molar-refractivity contribution in [3.8, 4) is 0 Å². The highest BCUT2D eigenvalue weighted by Gasteiger charge is 2.52. The van der Waals surface area contributed by atoms with Crippen molar-refractivity contribution >= 4 is 5.91 Å². The Morgan fingerprint density at radius 3 is 2.31 bits per heavy atom. The number of carbonyl (C=O) groups excluding carboxylic acids is 1. The maximum atomic E-state index is 11.8. The molecule has 94 valence electrons. The Hall–Kier alpha value is -0.570. The lowest BCUT2D eigenvalue weighted by Gasteiger charge is -2.57. The normalized spacial score (nSPS) is 33.3. The van der Waals surface area contributed by atoms with Gasteiger partial charge >= 0.3 is 0 Å². The van der Waals surface area contributed by atoms with Crippen LogP contribution >= 0.6 is 0 Å². The molecule has 2 bridgehead atoms. The molecule has 0 aromatic heterocycles. The summed E-state index contributed by atoms with van der Waals surface area (Å²) in [7, 11) is 4.04. The van der Waals surface area contributed by atoms with Gasteiger partial charge in [-0.2, -0.15) is 0 Å². The largest absolute Gasteiger partial charge is 0.340 e. The number of carbonyl (C=O) groups is 1. The van der Waals surface area contributed by atoms with Crippen molar-refractivity contribution in [1.82, 2.24) is 9.80 Å². The van der Waals surface area contributed by atoms with Crippen molar-refractivity contribution < 1.29 is 4.79 Å². The molecule has 0 radical (unpaired) electrons. The van der Waals surface area contributed by atoms with E-state index in [1.165, 1.54) is 0 Å². The summed E-state index contributed by atoms with van der Waals surface area (Å²) in [6, 6.07) is 1.25. The molecule has 0 aliphatic carbocycles. The lowest BCUT2D eigenvalue weighted by Crippen LogP contribution is -2.73. The second-order valence-electron chi connectivity index (χ2n) is 5.13. The zero-order valence-corrected chi connectivity index (χ0v) is 11.5.